The molecule has 3 N–H and O–H groups in total. The number of anilines is 2. The van der Waals surface area contributed by atoms with Gasteiger partial charge in [0.15, 0.2) is 11.5 Å². The molecule has 0 fully saturated rings. The molecule has 0 atom stereocenters. The Labute approximate surface area is 201 Å². The van der Waals surface area contributed by atoms with Crippen LogP contribution in [-0.4, -0.2) is 50.3 Å². The van der Waals surface area contributed by atoms with E-state index in [0.717, 1.165) is 0 Å². The van der Waals surface area contributed by atoms with E-state index in [9.17, 15) is 9.59 Å². The molecule has 0 aliphatic carbocycles. The first kappa shape index (κ1) is 26.4. The van der Waals surface area contributed by atoms with E-state index in [0.29, 0.717) is 53.4 Å². The monoisotopic (exact) mass is 467 g/mol. The quantitative estimate of drug-likeness (QED) is 0.352. The Morgan fingerprint density at radius 2 is 1.76 bits per heavy atom. The third kappa shape index (κ3) is 7.93. The lowest BCUT2D eigenvalue weighted by molar-refractivity contribution is 0.0297. The van der Waals surface area contributed by atoms with Crippen LogP contribution in [0.15, 0.2) is 36.4 Å². The molecule has 0 aliphatic heterocycles. The van der Waals surface area contributed by atoms with Gasteiger partial charge in [-0.15, -0.1) is 0 Å². The van der Waals surface area contributed by atoms with Crippen LogP contribution in [0.1, 0.15) is 49.5 Å². The molecule has 0 saturated heterocycles. The highest BCUT2D eigenvalue weighted by molar-refractivity contribution is 6.05. The SMILES string of the molecule is COc1ccc(NC(=O)c2ccc(N)c(C#CCCCN(C)C(=O)OC(C)(C)C)c2)cc1OC. The zero-order chi connectivity index (χ0) is 25.3. The van der Waals surface area contributed by atoms with E-state index in [1.54, 1.807) is 50.6 Å². The molecule has 0 heterocycles. The van der Waals surface area contributed by atoms with Gasteiger partial charge in [-0.2, -0.15) is 0 Å². The predicted octanol–water partition coefficient (Wildman–Crippen LogP) is 4.54. The molecule has 0 aliphatic rings. The van der Waals surface area contributed by atoms with Crippen molar-refractivity contribution in [3.8, 4) is 23.3 Å². The summed E-state index contributed by atoms with van der Waals surface area (Å²) in [5, 5.41) is 2.83. The van der Waals surface area contributed by atoms with E-state index in [2.05, 4.69) is 17.2 Å². The van der Waals surface area contributed by atoms with Gasteiger partial charge in [-0.3, -0.25) is 4.79 Å². The van der Waals surface area contributed by atoms with Crippen LogP contribution in [-0.2, 0) is 4.74 Å². The second-order valence-electron chi connectivity index (χ2n) is 8.63. The Hall–Kier alpha value is -3.86. The zero-order valence-corrected chi connectivity index (χ0v) is 20.7. The minimum Gasteiger partial charge on any atom is -0.493 e. The van der Waals surface area contributed by atoms with Crippen molar-refractivity contribution in [3.05, 3.63) is 47.5 Å². The molecular weight excluding hydrogens is 434 g/mol. The minimum atomic E-state index is -0.528. The Kier molecular flexibility index (Phi) is 9.19. The largest absolute Gasteiger partial charge is 0.493 e. The second-order valence-corrected chi connectivity index (χ2v) is 8.63. The third-order valence-electron chi connectivity index (χ3n) is 4.68. The first-order valence-corrected chi connectivity index (χ1v) is 10.9. The summed E-state index contributed by atoms with van der Waals surface area (Å²) < 4.78 is 15.8. The fraction of sp³-hybridized carbons (Fsp3) is 0.385. The number of amides is 2. The highest BCUT2D eigenvalue weighted by Crippen LogP contribution is 2.30. The van der Waals surface area contributed by atoms with Crippen molar-refractivity contribution in [2.45, 2.75) is 39.2 Å². The molecule has 8 heteroatoms. The van der Waals surface area contributed by atoms with E-state index in [1.807, 2.05) is 20.8 Å². The molecule has 0 saturated carbocycles. The van der Waals surface area contributed by atoms with Gasteiger partial charge >= 0.3 is 6.09 Å². The van der Waals surface area contributed by atoms with Crippen molar-refractivity contribution in [2.24, 2.45) is 0 Å². The van der Waals surface area contributed by atoms with Gasteiger partial charge in [0.2, 0.25) is 0 Å². The summed E-state index contributed by atoms with van der Waals surface area (Å²) in [6.07, 6.45) is 0.884. The molecule has 0 radical (unpaired) electrons. The molecule has 2 rings (SSSR count). The van der Waals surface area contributed by atoms with Gasteiger partial charge in [0.05, 0.1) is 14.2 Å². The molecule has 0 unspecified atom stereocenters. The van der Waals surface area contributed by atoms with E-state index in [4.69, 9.17) is 19.9 Å². The average Bonchev–Trinajstić information content (AvgIpc) is 2.78. The number of hydrogen-bond donors (Lipinski definition) is 2. The van der Waals surface area contributed by atoms with Crippen molar-refractivity contribution in [3.63, 3.8) is 0 Å². The van der Waals surface area contributed by atoms with Gasteiger partial charge in [-0.05, 0) is 57.5 Å². The fourth-order valence-electron chi connectivity index (χ4n) is 2.92. The number of unbranched alkanes of at least 4 members (excludes halogenated alkanes) is 1. The number of carbonyl (C=O) groups excluding carboxylic acids is 2. The lowest BCUT2D eigenvalue weighted by atomic mass is 10.1. The predicted molar refractivity (Wildman–Crippen MR) is 133 cm³/mol. The molecule has 34 heavy (non-hydrogen) atoms. The Morgan fingerprint density at radius 3 is 2.41 bits per heavy atom. The number of hydrogen-bond acceptors (Lipinski definition) is 6. The summed E-state index contributed by atoms with van der Waals surface area (Å²) >= 11 is 0. The highest BCUT2D eigenvalue weighted by Gasteiger charge is 2.19. The maximum absolute atomic E-state index is 12.7. The van der Waals surface area contributed by atoms with Crippen LogP contribution in [0.4, 0.5) is 16.2 Å². The first-order chi connectivity index (χ1) is 16.0. The van der Waals surface area contributed by atoms with Crippen LogP contribution in [0.25, 0.3) is 0 Å². The van der Waals surface area contributed by atoms with Crippen LogP contribution >= 0.6 is 0 Å². The number of carbonyl (C=O) groups is 2. The van der Waals surface area contributed by atoms with Gasteiger partial charge < -0.3 is 30.2 Å². The van der Waals surface area contributed by atoms with Crippen molar-refractivity contribution < 1.29 is 23.8 Å². The number of ether oxygens (including phenoxy) is 3. The van der Waals surface area contributed by atoms with Crippen LogP contribution < -0.4 is 20.5 Å². The Balaban J connectivity index is 1.98. The molecule has 0 spiro atoms. The van der Waals surface area contributed by atoms with Gasteiger partial charge in [-0.1, -0.05) is 11.8 Å². The molecule has 2 amide bonds. The second kappa shape index (κ2) is 11.8. The smallest absolute Gasteiger partial charge is 0.410 e. The number of methoxy groups -OCH3 is 2. The number of nitrogen functional groups attached to an aromatic ring is 1. The van der Waals surface area contributed by atoms with Gasteiger partial charge in [0.1, 0.15) is 5.60 Å². The number of benzene rings is 2. The molecule has 0 aromatic heterocycles. The number of nitrogens with zero attached hydrogens (tertiary/aromatic N) is 1. The van der Waals surface area contributed by atoms with Crippen LogP contribution in [0.2, 0.25) is 0 Å². The molecule has 0 bridgehead atoms. The van der Waals surface area contributed by atoms with Crippen LogP contribution in [0.5, 0.6) is 11.5 Å². The van der Waals surface area contributed by atoms with Gasteiger partial charge in [0.25, 0.3) is 5.91 Å². The van der Waals surface area contributed by atoms with Crippen LogP contribution in [0.3, 0.4) is 0 Å². The van der Waals surface area contributed by atoms with E-state index in [-0.39, 0.29) is 12.0 Å². The van der Waals surface area contributed by atoms with Gasteiger partial charge in [-0.25, -0.2) is 4.79 Å². The van der Waals surface area contributed by atoms with Crippen molar-refractivity contribution >= 4 is 23.4 Å². The maximum atomic E-state index is 12.7. The van der Waals surface area contributed by atoms with E-state index >= 15 is 0 Å². The van der Waals surface area contributed by atoms with Crippen molar-refractivity contribution in [1.82, 2.24) is 4.90 Å². The van der Waals surface area contributed by atoms with Crippen molar-refractivity contribution in [2.75, 3.05) is 38.9 Å². The number of rotatable bonds is 7. The summed E-state index contributed by atoms with van der Waals surface area (Å²) in [6, 6.07) is 10.1. The summed E-state index contributed by atoms with van der Waals surface area (Å²) in [4.78, 5) is 26.2. The molecule has 2 aromatic rings. The first-order valence-electron chi connectivity index (χ1n) is 10.9. The van der Waals surface area contributed by atoms with Crippen molar-refractivity contribution in [1.29, 1.82) is 0 Å². The summed E-state index contributed by atoms with van der Waals surface area (Å²) in [5.74, 6) is 6.87. The summed E-state index contributed by atoms with van der Waals surface area (Å²) in [5.41, 5.74) is 7.57. The molecule has 8 nitrogen and oxygen atoms in total. The molecule has 182 valence electrons. The third-order valence-corrected chi connectivity index (χ3v) is 4.68. The normalized spacial score (nSPS) is 10.5. The number of nitrogens with two attached hydrogens (primary N) is 1. The maximum Gasteiger partial charge on any atom is 0.410 e. The Morgan fingerprint density at radius 1 is 1.06 bits per heavy atom. The average molecular weight is 468 g/mol. The Bertz CT molecular complexity index is 1080. The standard InChI is InChI=1S/C26H33N3O5/c1-26(2,3)34-25(31)29(4)15-9-7-8-10-18-16-19(11-13-21(18)27)24(30)28-20-12-14-22(32-5)23(17-20)33-6/h11-14,16-17H,7,9,15,27H2,1-6H3,(H,28,30). The minimum absolute atomic E-state index is 0.297. The number of nitrogens with one attached hydrogen (secondary N) is 1. The van der Waals surface area contributed by atoms with E-state index < -0.39 is 5.60 Å². The summed E-state index contributed by atoms with van der Waals surface area (Å²) in [7, 11) is 4.77. The van der Waals surface area contributed by atoms with Crippen LogP contribution in [0, 0.1) is 11.8 Å². The van der Waals surface area contributed by atoms with Gasteiger partial charge in [0, 0.05) is 48.6 Å². The lowest BCUT2D eigenvalue weighted by Gasteiger charge is -2.24. The molecule has 2 aromatic carbocycles. The highest BCUT2D eigenvalue weighted by atomic mass is 16.6. The topological polar surface area (TPSA) is 103 Å². The lowest BCUT2D eigenvalue weighted by Crippen LogP contribution is -2.34. The van der Waals surface area contributed by atoms with E-state index in [1.165, 1.54) is 12.0 Å². The summed E-state index contributed by atoms with van der Waals surface area (Å²) in [6.45, 7) is 6.01. The zero-order valence-electron chi connectivity index (χ0n) is 20.7. The fourth-order valence-corrected chi connectivity index (χ4v) is 2.92. The molecular formula is C26H33N3O5.